The zero-order valence-corrected chi connectivity index (χ0v) is 12.5. The minimum absolute atomic E-state index is 0.244. The van der Waals surface area contributed by atoms with Crippen LogP contribution in [-0.2, 0) is 4.79 Å². The standard InChI is InChI=1S/C16H30N2O/c1-11-6-7-15(12(11)2)18-16(19)14-5-3-4-13(10-14)8-9-17/h11-15H,3-10,17H2,1-2H3,(H,18,19). The number of rotatable bonds is 4. The van der Waals surface area contributed by atoms with E-state index in [9.17, 15) is 4.79 Å². The maximum Gasteiger partial charge on any atom is 0.223 e. The van der Waals surface area contributed by atoms with Crippen LogP contribution in [0.4, 0.5) is 0 Å². The van der Waals surface area contributed by atoms with Crippen LogP contribution in [0.3, 0.4) is 0 Å². The average Bonchev–Trinajstić information content (AvgIpc) is 2.71. The van der Waals surface area contributed by atoms with Crippen LogP contribution in [0.5, 0.6) is 0 Å². The van der Waals surface area contributed by atoms with Crippen LogP contribution in [-0.4, -0.2) is 18.5 Å². The molecule has 0 heterocycles. The second kappa shape index (κ2) is 6.74. The van der Waals surface area contributed by atoms with Crippen molar-refractivity contribution < 1.29 is 4.79 Å². The SMILES string of the molecule is CC1CCC(NC(=O)C2CCCC(CCN)C2)C1C. The Hall–Kier alpha value is -0.570. The van der Waals surface area contributed by atoms with Gasteiger partial charge in [-0.2, -0.15) is 0 Å². The molecule has 0 radical (unpaired) electrons. The summed E-state index contributed by atoms with van der Waals surface area (Å²) >= 11 is 0. The summed E-state index contributed by atoms with van der Waals surface area (Å²) in [5.41, 5.74) is 5.65. The Labute approximate surface area is 117 Å². The van der Waals surface area contributed by atoms with Gasteiger partial charge in [0, 0.05) is 12.0 Å². The second-order valence-electron chi connectivity index (χ2n) is 6.84. The van der Waals surface area contributed by atoms with Crippen molar-refractivity contribution >= 4 is 5.91 Å². The van der Waals surface area contributed by atoms with Crippen LogP contribution in [0, 0.1) is 23.7 Å². The van der Waals surface area contributed by atoms with Gasteiger partial charge in [-0.15, -0.1) is 0 Å². The molecule has 2 fully saturated rings. The van der Waals surface area contributed by atoms with E-state index < -0.39 is 0 Å². The van der Waals surface area contributed by atoms with Gasteiger partial charge in [0.15, 0.2) is 0 Å². The van der Waals surface area contributed by atoms with Gasteiger partial charge in [0.1, 0.15) is 0 Å². The van der Waals surface area contributed by atoms with Crippen LogP contribution in [0.1, 0.15) is 58.8 Å². The molecule has 5 atom stereocenters. The first-order chi connectivity index (χ1) is 9.11. The fourth-order valence-corrected chi connectivity index (χ4v) is 3.90. The van der Waals surface area contributed by atoms with Gasteiger partial charge in [-0.25, -0.2) is 0 Å². The van der Waals surface area contributed by atoms with Crippen molar-refractivity contribution in [2.24, 2.45) is 29.4 Å². The Bertz CT molecular complexity index is 303. The summed E-state index contributed by atoms with van der Waals surface area (Å²) < 4.78 is 0. The van der Waals surface area contributed by atoms with E-state index in [4.69, 9.17) is 5.73 Å². The van der Waals surface area contributed by atoms with Gasteiger partial charge in [0.05, 0.1) is 0 Å². The number of nitrogens with one attached hydrogen (secondary N) is 1. The van der Waals surface area contributed by atoms with Crippen molar-refractivity contribution in [1.29, 1.82) is 0 Å². The molecule has 1 amide bonds. The lowest BCUT2D eigenvalue weighted by atomic mass is 9.79. The van der Waals surface area contributed by atoms with Crippen LogP contribution >= 0.6 is 0 Å². The summed E-state index contributed by atoms with van der Waals surface area (Å²) in [6.07, 6.45) is 8.08. The fourth-order valence-electron chi connectivity index (χ4n) is 3.90. The van der Waals surface area contributed by atoms with Crippen molar-refractivity contribution in [2.75, 3.05) is 6.54 Å². The normalized spacial score (nSPS) is 39.2. The third-order valence-corrected chi connectivity index (χ3v) is 5.52. The molecule has 3 nitrogen and oxygen atoms in total. The molecule has 0 bridgehead atoms. The van der Waals surface area contributed by atoms with E-state index >= 15 is 0 Å². The van der Waals surface area contributed by atoms with Gasteiger partial charge in [-0.3, -0.25) is 4.79 Å². The highest BCUT2D eigenvalue weighted by Gasteiger charge is 2.33. The molecule has 3 heteroatoms. The number of carbonyl (C=O) groups is 1. The molecular weight excluding hydrogens is 236 g/mol. The maximum atomic E-state index is 12.4. The van der Waals surface area contributed by atoms with Gasteiger partial charge in [0.2, 0.25) is 5.91 Å². The summed E-state index contributed by atoms with van der Waals surface area (Å²) in [4.78, 5) is 12.4. The van der Waals surface area contributed by atoms with Crippen LogP contribution in [0.15, 0.2) is 0 Å². The van der Waals surface area contributed by atoms with E-state index in [1.54, 1.807) is 0 Å². The van der Waals surface area contributed by atoms with E-state index in [0.717, 1.165) is 38.1 Å². The minimum Gasteiger partial charge on any atom is -0.353 e. The first-order valence-corrected chi connectivity index (χ1v) is 8.12. The second-order valence-corrected chi connectivity index (χ2v) is 6.84. The molecule has 3 N–H and O–H groups in total. The Morgan fingerprint density at radius 2 is 2.00 bits per heavy atom. The van der Waals surface area contributed by atoms with E-state index in [1.807, 2.05) is 0 Å². The average molecular weight is 266 g/mol. The summed E-state index contributed by atoms with van der Waals surface area (Å²) in [6.45, 7) is 5.34. The summed E-state index contributed by atoms with van der Waals surface area (Å²) in [5.74, 6) is 2.62. The molecular formula is C16H30N2O. The first kappa shape index (κ1) is 14.8. The Balaban J connectivity index is 1.82. The predicted octanol–water partition coefficient (Wildman–Crippen LogP) is 2.69. The fraction of sp³-hybridized carbons (Fsp3) is 0.938. The number of amides is 1. The van der Waals surface area contributed by atoms with Gasteiger partial charge < -0.3 is 11.1 Å². The van der Waals surface area contributed by atoms with Crippen molar-refractivity contribution in [1.82, 2.24) is 5.32 Å². The third-order valence-electron chi connectivity index (χ3n) is 5.52. The predicted molar refractivity (Wildman–Crippen MR) is 78.6 cm³/mol. The first-order valence-electron chi connectivity index (χ1n) is 8.12. The zero-order valence-electron chi connectivity index (χ0n) is 12.5. The van der Waals surface area contributed by atoms with E-state index in [1.165, 1.54) is 19.3 Å². The lowest BCUT2D eigenvalue weighted by molar-refractivity contribution is -0.127. The van der Waals surface area contributed by atoms with Crippen molar-refractivity contribution in [3.63, 3.8) is 0 Å². The molecule has 0 spiro atoms. The monoisotopic (exact) mass is 266 g/mol. The minimum atomic E-state index is 0.244. The lowest BCUT2D eigenvalue weighted by Crippen LogP contribution is -2.42. The van der Waals surface area contributed by atoms with E-state index in [0.29, 0.717) is 23.8 Å². The van der Waals surface area contributed by atoms with Crippen molar-refractivity contribution in [3.05, 3.63) is 0 Å². The molecule has 0 aromatic heterocycles. The van der Waals surface area contributed by atoms with Crippen LogP contribution in [0.2, 0.25) is 0 Å². The van der Waals surface area contributed by atoms with Crippen LogP contribution in [0.25, 0.3) is 0 Å². The van der Waals surface area contributed by atoms with Crippen molar-refractivity contribution in [3.8, 4) is 0 Å². The molecule has 2 aliphatic carbocycles. The highest BCUT2D eigenvalue weighted by Crippen LogP contribution is 2.34. The topological polar surface area (TPSA) is 55.1 Å². The molecule has 0 saturated heterocycles. The Kier molecular flexibility index (Phi) is 5.26. The maximum absolute atomic E-state index is 12.4. The Morgan fingerprint density at radius 3 is 2.63 bits per heavy atom. The van der Waals surface area contributed by atoms with Crippen molar-refractivity contribution in [2.45, 2.75) is 64.8 Å². The quantitative estimate of drug-likeness (QED) is 0.822. The summed E-state index contributed by atoms with van der Waals surface area (Å²) in [6, 6.07) is 0.414. The lowest BCUT2D eigenvalue weighted by Gasteiger charge is -2.30. The molecule has 110 valence electrons. The summed E-state index contributed by atoms with van der Waals surface area (Å²) in [7, 11) is 0. The summed E-state index contributed by atoms with van der Waals surface area (Å²) in [5, 5.41) is 3.32. The molecule has 0 aromatic rings. The number of nitrogens with two attached hydrogens (primary N) is 1. The smallest absolute Gasteiger partial charge is 0.223 e. The number of hydrogen-bond donors (Lipinski definition) is 2. The zero-order chi connectivity index (χ0) is 13.8. The molecule has 5 unspecified atom stereocenters. The van der Waals surface area contributed by atoms with Gasteiger partial charge >= 0.3 is 0 Å². The van der Waals surface area contributed by atoms with Crippen LogP contribution < -0.4 is 11.1 Å². The molecule has 19 heavy (non-hydrogen) atoms. The number of hydrogen-bond acceptors (Lipinski definition) is 2. The highest BCUT2D eigenvalue weighted by molar-refractivity contribution is 5.79. The highest BCUT2D eigenvalue weighted by atomic mass is 16.1. The molecule has 0 aliphatic heterocycles. The van der Waals surface area contributed by atoms with Gasteiger partial charge in [0.25, 0.3) is 0 Å². The van der Waals surface area contributed by atoms with Gasteiger partial charge in [-0.05, 0) is 56.4 Å². The van der Waals surface area contributed by atoms with Gasteiger partial charge in [-0.1, -0.05) is 26.7 Å². The number of carbonyl (C=O) groups excluding carboxylic acids is 1. The Morgan fingerprint density at radius 1 is 1.21 bits per heavy atom. The molecule has 2 aliphatic rings. The van der Waals surface area contributed by atoms with E-state index in [2.05, 4.69) is 19.2 Å². The largest absolute Gasteiger partial charge is 0.353 e. The third kappa shape index (κ3) is 3.71. The molecule has 0 aromatic carbocycles. The molecule has 2 rings (SSSR count). The van der Waals surface area contributed by atoms with E-state index in [-0.39, 0.29) is 5.92 Å². The molecule has 2 saturated carbocycles.